The highest BCUT2D eigenvalue weighted by molar-refractivity contribution is 5.81. The van der Waals surface area contributed by atoms with E-state index in [1.165, 1.54) is 11.1 Å². The van der Waals surface area contributed by atoms with Gasteiger partial charge in [-0.05, 0) is 37.8 Å². The molecule has 7 nitrogen and oxygen atoms in total. The number of hydrogen-bond donors (Lipinski definition) is 1. The summed E-state index contributed by atoms with van der Waals surface area (Å²) < 4.78 is 4.86. The van der Waals surface area contributed by atoms with Crippen molar-refractivity contribution in [3.8, 4) is 0 Å². The van der Waals surface area contributed by atoms with Crippen LogP contribution >= 0.6 is 0 Å². The molecular formula is C19H25N5O2. The van der Waals surface area contributed by atoms with Crippen molar-refractivity contribution in [2.75, 3.05) is 0 Å². The number of nitrogens with zero attached hydrogens (tertiary/aromatic N) is 4. The molecule has 26 heavy (non-hydrogen) atoms. The smallest absolute Gasteiger partial charge is 0.351 e. The SMILES string of the molecule is CCn1c2ccccc2n2c(=O)n(CC(=O)N[C@H]3CCCC[C@@H]3C)nc12. The summed E-state index contributed by atoms with van der Waals surface area (Å²) in [7, 11) is 0. The van der Waals surface area contributed by atoms with E-state index in [2.05, 4.69) is 17.3 Å². The predicted octanol–water partition coefficient (Wildman–Crippen LogP) is 2.17. The maximum Gasteiger partial charge on any atom is 0.352 e. The first kappa shape index (κ1) is 16.9. The van der Waals surface area contributed by atoms with Crippen LogP contribution in [0.4, 0.5) is 0 Å². The third-order valence-electron chi connectivity index (χ3n) is 5.54. The van der Waals surface area contributed by atoms with E-state index in [1.54, 1.807) is 4.40 Å². The zero-order chi connectivity index (χ0) is 18.3. The first-order chi connectivity index (χ1) is 12.6. The highest BCUT2D eigenvalue weighted by atomic mass is 16.2. The Labute approximate surface area is 151 Å². The van der Waals surface area contributed by atoms with Gasteiger partial charge in [-0.25, -0.2) is 13.9 Å². The highest BCUT2D eigenvalue weighted by Gasteiger charge is 2.24. The first-order valence-corrected chi connectivity index (χ1v) is 9.46. The number of carbonyl (C=O) groups is 1. The van der Waals surface area contributed by atoms with Gasteiger partial charge >= 0.3 is 5.69 Å². The maximum atomic E-state index is 12.8. The molecule has 0 saturated heterocycles. The lowest BCUT2D eigenvalue weighted by atomic mass is 9.86. The number of fused-ring (bicyclic) bond motifs is 3. The molecule has 4 rings (SSSR count). The fraction of sp³-hybridized carbons (Fsp3) is 0.526. The van der Waals surface area contributed by atoms with Crippen molar-refractivity contribution in [3.63, 3.8) is 0 Å². The van der Waals surface area contributed by atoms with Gasteiger partial charge in [0.25, 0.3) is 0 Å². The Balaban J connectivity index is 1.64. The zero-order valence-corrected chi connectivity index (χ0v) is 15.3. The second-order valence-corrected chi connectivity index (χ2v) is 7.24. The van der Waals surface area contributed by atoms with Crippen LogP contribution in [0, 0.1) is 5.92 Å². The number of benzene rings is 1. The fourth-order valence-electron chi connectivity index (χ4n) is 4.11. The van der Waals surface area contributed by atoms with E-state index in [4.69, 9.17) is 0 Å². The normalized spacial score (nSPS) is 20.7. The van der Waals surface area contributed by atoms with Crippen LogP contribution in [0.1, 0.15) is 39.5 Å². The second-order valence-electron chi connectivity index (χ2n) is 7.24. The van der Waals surface area contributed by atoms with Crippen molar-refractivity contribution in [1.82, 2.24) is 24.1 Å². The fourth-order valence-corrected chi connectivity index (χ4v) is 4.11. The van der Waals surface area contributed by atoms with Gasteiger partial charge in [0.15, 0.2) is 0 Å². The van der Waals surface area contributed by atoms with Crippen molar-refractivity contribution < 1.29 is 4.79 Å². The van der Waals surface area contributed by atoms with Crippen molar-refractivity contribution in [3.05, 3.63) is 34.7 Å². The van der Waals surface area contributed by atoms with Gasteiger partial charge in [-0.3, -0.25) is 4.79 Å². The molecule has 2 aromatic heterocycles. The van der Waals surface area contributed by atoms with Gasteiger partial charge in [0.05, 0.1) is 11.0 Å². The van der Waals surface area contributed by atoms with Gasteiger partial charge in [-0.15, -0.1) is 5.10 Å². The molecule has 1 aromatic carbocycles. The van der Waals surface area contributed by atoms with E-state index >= 15 is 0 Å². The summed E-state index contributed by atoms with van der Waals surface area (Å²) in [5, 5.41) is 7.53. The Bertz CT molecular complexity index is 1010. The van der Waals surface area contributed by atoms with Crippen molar-refractivity contribution in [1.29, 1.82) is 0 Å². The van der Waals surface area contributed by atoms with Gasteiger partial charge in [-0.2, -0.15) is 0 Å². The van der Waals surface area contributed by atoms with Crippen LogP contribution in [0.15, 0.2) is 29.1 Å². The van der Waals surface area contributed by atoms with Crippen LogP contribution < -0.4 is 11.0 Å². The minimum Gasteiger partial charge on any atom is -0.351 e. The lowest BCUT2D eigenvalue weighted by molar-refractivity contribution is -0.123. The highest BCUT2D eigenvalue weighted by Crippen LogP contribution is 2.23. The molecule has 1 saturated carbocycles. The topological polar surface area (TPSA) is 73.3 Å². The Morgan fingerprint density at radius 3 is 2.69 bits per heavy atom. The molecule has 7 heteroatoms. The molecule has 0 spiro atoms. The third kappa shape index (κ3) is 2.71. The number of hydrogen-bond acceptors (Lipinski definition) is 3. The average molecular weight is 355 g/mol. The molecule has 2 atom stereocenters. The van der Waals surface area contributed by atoms with Gasteiger partial charge in [0.1, 0.15) is 6.54 Å². The molecule has 0 bridgehead atoms. The van der Waals surface area contributed by atoms with E-state index in [0.717, 1.165) is 30.3 Å². The summed E-state index contributed by atoms with van der Waals surface area (Å²) in [6.45, 7) is 4.87. The monoisotopic (exact) mass is 355 g/mol. The van der Waals surface area contributed by atoms with Crippen LogP contribution in [0.25, 0.3) is 16.8 Å². The van der Waals surface area contributed by atoms with Gasteiger partial charge in [0, 0.05) is 12.6 Å². The number of amides is 1. The van der Waals surface area contributed by atoms with Crippen LogP contribution in [-0.2, 0) is 17.9 Å². The van der Waals surface area contributed by atoms with E-state index in [9.17, 15) is 9.59 Å². The molecular weight excluding hydrogens is 330 g/mol. The zero-order valence-electron chi connectivity index (χ0n) is 15.3. The lowest BCUT2D eigenvalue weighted by Gasteiger charge is -2.29. The number of aromatic nitrogens is 4. The predicted molar refractivity (Wildman–Crippen MR) is 100 cm³/mol. The van der Waals surface area contributed by atoms with E-state index in [1.807, 2.05) is 35.8 Å². The Hall–Kier alpha value is -2.57. The van der Waals surface area contributed by atoms with Gasteiger partial charge < -0.3 is 9.88 Å². The van der Waals surface area contributed by atoms with E-state index in [0.29, 0.717) is 18.2 Å². The van der Waals surface area contributed by atoms with E-state index < -0.39 is 0 Å². The minimum atomic E-state index is -0.268. The molecule has 3 aromatic rings. The van der Waals surface area contributed by atoms with Crippen LogP contribution in [0.3, 0.4) is 0 Å². The average Bonchev–Trinajstić information content (AvgIpc) is 3.11. The maximum absolute atomic E-state index is 12.8. The summed E-state index contributed by atoms with van der Waals surface area (Å²) in [5.41, 5.74) is 1.53. The van der Waals surface area contributed by atoms with E-state index in [-0.39, 0.29) is 24.2 Å². The lowest BCUT2D eigenvalue weighted by Crippen LogP contribution is -2.43. The summed E-state index contributed by atoms with van der Waals surface area (Å²) in [4.78, 5) is 25.3. The Morgan fingerprint density at radius 1 is 1.23 bits per heavy atom. The van der Waals surface area contributed by atoms with Crippen molar-refractivity contribution in [2.24, 2.45) is 5.92 Å². The molecule has 0 aliphatic heterocycles. The number of imidazole rings is 1. The van der Waals surface area contributed by atoms with Gasteiger partial charge in [-0.1, -0.05) is 31.9 Å². The van der Waals surface area contributed by atoms with Gasteiger partial charge in [0.2, 0.25) is 11.7 Å². The summed E-state index contributed by atoms with van der Waals surface area (Å²) in [6, 6.07) is 7.95. The Morgan fingerprint density at radius 2 is 1.96 bits per heavy atom. The number of aryl methyl sites for hydroxylation is 1. The molecule has 138 valence electrons. The molecule has 1 aliphatic rings. The van der Waals surface area contributed by atoms with Crippen molar-refractivity contribution in [2.45, 2.75) is 58.7 Å². The number of nitrogens with one attached hydrogen (secondary N) is 1. The molecule has 1 amide bonds. The molecule has 2 heterocycles. The van der Waals surface area contributed by atoms with Crippen LogP contribution in [-0.4, -0.2) is 30.7 Å². The molecule has 0 radical (unpaired) electrons. The largest absolute Gasteiger partial charge is 0.352 e. The molecule has 1 aliphatic carbocycles. The molecule has 1 fully saturated rings. The first-order valence-electron chi connectivity index (χ1n) is 9.46. The Kier molecular flexibility index (Phi) is 4.30. The van der Waals surface area contributed by atoms with Crippen LogP contribution in [0.2, 0.25) is 0 Å². The number of para-hydroxylation sites is 2. The van der Waals surface area contributed by atoms with Crippen LogP contribution in [0.5, 0.6) is 0 Å². The van der Waals surface area contributed by atoms with Crippen molar-refractivity contribution >= 4 is 22.7 Å². The minimum absolute atomic E-state index is 0.0399. The molecule has 1 N–H and O–H groups in total. The number of carbonyl (C=O) groups excluding carboxylic acids is 1. The quantitative estimate of drug-likeness (QED) is 0.779. The summed E-state index contributed by atoms with van der Waals surface area (Å²) in [5.74, 6) is 0.926. The standard InChI is InChI=1S/C19H25N5O2/c1-3-22-15-10-6-7-11-16(15)24-18(22)21-23(19(24)26)12-17(25)20-14-9-5-4-8-13(14)2/h6-7,10-11,13-14H,3-5,8-9,12H2,1-2H3,(H,20,25)/t13-,14-/m0/s1. The summed E-state index contributed by atoms with van der Waals surface area (Å²) >= 11 is 0. The number of rotatable bonds is 4. The molecule has 0 unspecified atom stereocenters. The third-order valence-corrected chi connectivity index (χ3v) is 5.54. The summed E-state index contributed by atoms with van der Waals surface area (Å²) in [6.07, 6.45) is 4.54. The second kappa shape index (κ2) is 6.63.